The number of carbonyl (C=O) groups excluding carboxylic acids is 1. The molecular formula is C15H24Cl3N3O. The second kappa shape index (κ2) is 10.3. The molecular weight excluding hydrogens is 345 g/mol. The second-order valence-corrected chi connectivity index (χ2v) is 5.68. The number of carbonyl (C=O) groups is 1. The van der Waals surface area contributed by atoms with Crippen LogP contribution in [-0.2, 0) is 4.79 Å². The van der Waals surface area contributed by atoms with Gasteiger partial charge in [-0.15, -0.1) is 24.8 Å². The van der Waals surface area contributed by atoms with Crippen molar-refractivity contribution in [2.45, 2.75) is 25.9 Å². The summed E-state index contributed by atoms with van der Waals surface area (Å²) in [6, 6.07) is 7.49. The van der Waals surface area contributed by atoms with Crippen molar-refractivity contribution in [2.75, 3.05) is 26.2 Å². The van der Waals surface area contributed by atoms with Gasteiger partial charge in [-0.1, -0.05) is 23.7 Å². The zero-order valence-electron chi connectivity index (χ0n) is 12.8. The summed E-state index contributed by atoms with van der Waals surface area (Å²) in [7, 11) is 0. The SMILES string of the molecule is CC(NC(=O)C(C)N1CCNCC1)c1ccc(Cl)cc1.Cl.Cl. The van der Waals surface area contributed by atoms with Gasteiger partial charge in [0.2, 0.25) is 5.91 Å². The van der Waals surface area contributed by atoms with Gasteiger partial charge in [0.1, 0.15) is 0 Å². The number of hydrogen-bond acceptors (Lipinski definition) is 3. The van der Waals surface area contributed by atoms with Crippen LogP contribution in [0.1, 0.15) is 25.5 Å². The van der Waals surface area contributed by atoms with Gasteiger partial charge in [0, 0.05) is 31.2 Å². The molecule has 1 aromatic rings. The van der Waals surface area contributed by atoms with Crippen molar-refractivity contribution in [1.82, 2.24) is 15.5 Å². The van der Waals surface area contributed by atoms with Crippen LogP contribution in [-0.4, -0.2) is 43.0 Å². The smallest absolute Gasteiger partial charge is 0.237 e. The Morgan fingerprint density at radius 1 is 1.18 bits per heavy atom. The van der Waals surface area contributed by atoms with Gasteiger partial charge in [0.05, 0.1) is 12.1 Å². The van der Waals surface area contributed by atoms with Crippen molar-refractivity contribution in [2.24, 2.45) is 0 Å². The zero-order chi connectivity index (χ0) is 14.5. The molecule has 1 saturated heterocycles. The van der Waals surface area contributed by atoms with Crippen LogP contribution < -0.4 is 10.6 Å². The first-order chi connectivity index (χ1) is 9.58. The van der Waals surface area contributed by atoms with Crippen LogP contribution in [0.5, 0.6) is 0 Å². The summed E-state index contributed by atoms with van der Waals surface area (Å²) >= 11 is 5.87. The van der Waals surface area contributed by atoms with Crippen molar-refractivity contribution >= 4 is 42.3 Å². The first-order valence-corrected chi connectivity index (χ1v) is 7.46. The molecule has 1 fully saturated rings. The van der Waals surface area contributed by atoms with Gasteiger partial charge in [-0.25, -0.2) is 0 Å². The number of rotatable bonds is 4. The Kier molecular flexibility index (Phi) is 10.0. The fourth-order valence-electron chi connectivity index (χ4n) is 2.40. The Labute approximate surface area is 149 Å². The number of hydrogen-bond donors (Lipinski definition) is 2. The lowest BCUT2D eigenvalue weighted by molar-refractivity contribution is -0.126. The van der Waals surface area contributed by atoms with Crippen LogP contribution in [0.15, 0.2) is 24.3 Å². The molecule has 0 bridgehead atoms. The minimum Gasteiger partial charge on any atom is -0.348 e. The summed E-state index contributed by atoms with van der Waals surface area (Å²) in [5, 5.41) is 7.07. The summed E-state index contributed by atoms with van der Waals surface area (Å²) in [6.45, 7) is 7.70. The minimum atomic E-state index is -0.0909. The Hall–Kier alpha value is -0.520. The highest BCUT2D eigenvalue weighted by molar-refractivity contribution is 6.30. The first kappa shape index (κ1) is 21.5. The van der Waals surface area contributed by atoms with Crippen LogP contribution >= 0.6 is 36.4 Å². The van der Waals surface area contributed by atoms with Crippen molar-refractivity contribution in [1.29, 1.82) is 0 Å². The number of nitrogens with zero attached hydrogens (tertiary/aromatic N) is 1. The number of halogens is 3. The van der Waals surface area contributed by atoms with E-state index in [0.29, 0.717) is 5.02 Å². The maximum Gasteiger partial charge on any atom is 0.237 e. The van der Waals surface area contributed by atoms with Crippen LogP contribution in [0.4, 0.5) is 0 Å². The Morgan fingerprint density at radius 2 is 1.73 bits per heavy atom. The van der Waals surface area contributed by atoms with Crippen LogP contribution in [0.2, 0.25) is 5.02 Å². The molecule has 2 N–H and O–H groups in total. The molecule has 1 aliphatic rings. The molecule has 0 radical (unpaired) electrons. The third kappa shape index (κ3) is 5.94. The van der Waals surface area contributed by atoms with Gasteiger partial charge in [-0.3, -0.25) is 9.69 Å². The molecule has 1 heterocycles. The number of piperazine rings is 1. The van der Waals surface area contributed by atoms with Gasteiger partial charge >= 0.3 is 0 Å². The first-order valence-electron chi connectivity index (χ1n) is 7.08. The van der Waals surface area contributed by atoms with Crippen LogP contribution in [0, 0.1) is 0 Å². The van der Waals surface area contributed by atoms with Crippen LogP contribution in [0.3, 0.4) is 0 Å². The van der Waals surface area contributed by atoms with Crippen molar-refractivity contribution in [3.05, 3.63) is 34.9 Å². The Morgan fingerprint density at radius 3 is 2.27 bits per heavy atom. The summed E-state index contributed by atoms with van der Waals surface area (Å²) in [5.74, 6) is 0.0781. The Bertz CT molecular complexity index is 450. The molecule has 0 aliphatic carbocycles. The van der Waals surface area contributed by atoms with E-state index < -0.39 is 0 Å². The molecule has 4 nitrogen and oxygen atoms in total. The third-order valence-corrected chi connectivity index (χ3v) is 4.06. The molecule has 7 heteroatoms. The maximum absolute atomic E-state index is 12.3. The second-order valence-electron chi connectivity index (χ2n) is 5.24. The lowest BCUT2D eigenvalue weighted by atomic mass is 10.1. The molecule has 0 aromatic heterocycles. The summed E-state index contributed by atoms with van der Waals surface area (Å²) < 4.78 is 0. The van der Waals surface area contributed by atoms with E-state index in [1.807, 2.05) is 38.1 Å². The Balaban J connectivity index is 0.00000220. The lowest BCUT2D eigenvalue weighted by Gasteiger charge is -2.32. The molecule has 126 valence electrons. The van der Waals surface area contributed by atoms with E-state index in [0.717, 1.165) is 31.7 Å². The maximum atomic E-state index is 12.3. The molecule has 0 spiro atoms. The fraction of sp³-hybridized carbons (Fsp3) is 0.533. The van der Waals surface area contributed by atoms with Crippen molar-refractivity contribution < 1.29 is 4.79 Å². The molecule has 1 aliphatic heterocycles. The van der Waals surface area contributed by atoms with E-state index in [1.54, 1.807) is 0 Å². The van der Waals surface area contributed by atoms with Crippen LogP contribution in [0.25, 0.3) is 0 Å². The normalized spacial score (nSPS) is 17.6. The summed E-state index contributed by atoms with van der Waals surface area (Å²) in [5.41, 5.74) is 1.07. The van der Waals surface area contributed by atoms with E-state index in [2.05, 4.69) is 15.5 Å². The highest BCUT2D eigenvalue weighted by Gasteiger charge is 2.23. The minimum absolute atomic E-state index is 0. The average molecular weight is 369 g/mol. The van der Waals surface area contributed by atoms with Gasteiger partial charge in [-0.05, 0) is 31.5 Å². The predicted molar refractivity (Wildman–Crippen MR) is 96.4 cm³/mol. The summed E-state index contributed by atoms with van der Waals surface area (Å²) in [4.78, 5) is 14.5. The molecule has 1 aromatic carbocycles. The quantitative estimate of drug-likeness (QED) is 0.859. The van der Waals surface area contributed by atoms with Gasteiger partial charge in [0.25, 0.3) is 0 Å². The lowest BCUT2D eigenvalue weighted by Crippen LogP contribution is -2.52. The molecule has 2 atom stereocenters. The topological polar surface area (TPSA) is 44.4 Å². The molecule has 0 saturated carbocycles. The van der Waals surface area contributed by atoms with E-state index in [4.69, 9.17) is 11.6 Å². The van der Waals surface area contributed by atoms with E-state index in [-0.39, 0.29) is 42.8 Å². The average Bonchev–Trinajstić information content (AvgIpc) is 2.48. The van der Waals surface area contributed by atoms with E-state index >= 15 is 0 Å². The predicted octanol–water partition coefficient (Wildman–Crippen LogP) is 2.65. The number of nitrogens with one attached hydrogen (secondary N) is 2. The monoisotopic (exact) mass is 367 g/mol. The number of benzene rings is 1. The summed E-state index contributed by atoms with van der Waals surface area (Å²) in [6.07, 6.45) is 0. The standard InChI is InChI=1S/C15H22ClN3O.2ClH/c1-11(13-3-5-14(16)6-4-13)18-15(20)12(2)19-9-7-17-8-10-19;;/h3-6,11-12,17H,7-10H2,1-2H3,(H,18,20);2*1H. The van der Waals surface area contributed by atoms with Crippen molar-refractivity contribution in [3.8, 4) is 0 Å². The van der Waals surface area contributed by atoms with E-state index in [9.17, 15) is 4.79 Å². The largest absolute Gasteiger partial charge is 0.348 e. The van der Waals surface area contributed by atoms with Crippen molar-refractivity contribution in [3.63, 3.8) is 0 Å². The molecule has 22 heavy (non-hydrogen) atoms. The van der Waals surface area contributed by atoms with E-state index in [1.165, 1.54) is 0 Å². The molecule has 2 rings (SSSR count). The highest BCUT2D eigenvalue weighted by Crippen LogP contribution is 2.16. The number of amides is 1. The highest BCUT2D eigenvalue weighted by atomic mass is 35.5. The fourth-order valence-corrected chi connectivity index (χ4v) is 2.53. The molecule has 2 unspecified atom stereocenters. The molecule has 1 amide bonds. The van der Waals surface area contributed by atoms with Gasteiger partial charge < -0.3 is 10.6 Å². The third-order valence-electron chi connectivity index (χ3n) is 3.81. The van der Waals surface area contributed by atoms with Gasteiger partial charge in [0.15, 0.2) is 0 Å². The zero-order valence-corrected chi connectivity index (χ0v) is 15.2. The van der Waals surface area contributed by atoms with Gasteiger partial charge in [-0.2, -0.15) is 0 Å².